The third-order valence-electron chi connectivity index (χ3n) is 4.22. The highest BCUT2D eigenvalue weighted by molar-refractivity contribution is 6.42. The van der Waals surface area contributed by atoms with Crippen molar-refractivity contribution in [2.45, 2.75) is 12.8 Å². The second kappa shape index (κ2) is 8.38. The minimum Gasteiger partial charge on any atom is -0.478 e. The highest BCUT2D eigenvalue weighted by atomic mass is 35.5. The Labute approximate surface area is 167 Å². The lowest BCUT2D eigenvalue weighted by atomic mass is 9.94. The van der Waals surface area contributed by atoms with E-state index in [9.17, 15) is 14.7 Å². The Bertz CT molecular complexity index is 998. The maximum atomic E-state index is 12.5. The summed E-state index contributed by atoms with van der Waals surface area (Å²) in [6.45, 7) is 0. The third-order valence-corrected chi connectivity index (χ3v) is 4.95. The van der Waals surface area contributed by atoms with Crippen LogP contribution in [0.25, 0.3) is 11.1 Å². The molecule has 3 nitrogen and oxygen atoms in total. The van der Waals surface area contributed by atoms with Gasteiger partial charge < -0.3 is 5.11 Å². The molecule has 136 valence electrons. The monoisotopic (exact) mass is 398 g/mol. The van der Waals surface area contributed by atoms with Crippen LogP contribution in [0.1, 0.15) is 21.5 Å². The Morgan fingerprint density at radius 2 is 1.52 bits per heavy atom. The van der Waals surface area contributed by atoms with Gasteiger partial charge in [0.05, 0.1) is 15.6 Å². The van der Waals surface area contributed by atoms with Crippen LogP contribution in [0.4, 0.5) is 0 Å². The number of halogens is 2. The average molecular weight is 399 g/mol. The Morgan fingerprint density at radius 3 is 2.19 bits per heavy atom. The molecule has 0 bridgehead atoms. The van der Waals surface area contributed by atoms with Gasteiger partial charge in [0.15, 0.2) is 0 Å². The summed E-state index contributed by atoms with van der Waals surface area (Å²) in [7, 11) is 0. The second-order valence-electron chi connectivity index (χ2n) is 6.18. The smallest absolute Gasteiger partial charge is 0.335 e. The number of aromatic carboxylic acids is 1. The molecule has 3 aromatic carbocycles. The summed E-state index contributed by atoms with van der Waals surface area (Å²) in [6, 6.07) is 19.7. The molecular formula is C22H16Cl2O3. The Kier molecular flexibility index (Phi) is 5.94. The standard InChI is InChI=1S/C22H16Cl2O3/c23-20-9-6-14(11-21(20)24)10-18(25)13-17-12-16(7-8-19(17)22(26)27)15-4-2-1-3-5-15/h1-9,11-12H,10,13H2,(H,26,27). The first-order chi connectivity index (χ1) is 12.9. The van der Waals surface area contributed by atoms with Gasteiger partial charge in [0.1, 0.15) is 5.78 Å². The van der Waals surface area contributed by atoms with E-state index in [1.165, 1.54) is 0 Å². The number of Topliss-reactive ketones (excluding diaryl/α,β-unsaturated/α-hetero) is 1. The van der Waals surface area contributed by atoms with Crippen molar-refractivity contribution in [3.8, 4) is 11.1 Å². The molecule has 0 fully saturated rings. The third kappa shape index (κ3) is 4.76. The van der Waals surface area contributed by atoms with E-state index in [0.29, 0.717) is 15.6 Å². The van der Waals surface area contributed by atoms with Crippen LogP contribution in [0.15, 0.2) is 66.7 Å². The van der Waals surface area contributed by atoms with Crippen LogP contribution in [-0.4, -0.2) is 16.9 Å². The highest BCUT2D eigenvalue weighted by Crippen LogP contribution is 2.25. The molecule has 0 aliphatic carbocycles. The number of carboxylic acid groups (broad SMARTS) is 1. The predicted octanol–water partition coefficient (Wildman–Crippen LogP) is 5.71. The lowest BCUT2D eigenvalue weighted by molar-refractivity contribution is -0.117. The zero-order valence-corrected chi connectivity index (χ0v) is 15.8. The van der Waals surface area contributed by atoms with Crippen molar-refractivity contribution in [3.63, 3.8) is 0 Å². The SMILES string of the molecule is O=C(Cc1ccc(Cl)c(Cl)c1)Cc1cc(-c2ccccc2)ccc1C(=O)O. The van der Waals surface area contributed by atoms with Crippen LogP contribution in [0.3, 0.4) is 0 Å². The van der Waals surface area contributed by atoms with Gasteiger partial charge in [-0.3, -0.25) is 4.79 Å². The largest absolute Gasteiger partial charge is 0.478 e. The van der Waals surface area contributed by atoms with Gasteiger partial charge in [0.25, 0.3) is 0 Å². The van der Waals surface area contributed by atoms with Crippen LogP contribution in [0.2, 0.25) is 10.0 Å². The molecule has 0 spiro atoms. The van der Waals surface area contributed by atoms with Gasteiger partial charge in [-0.25, -0.2) is 4.79 Å². The van der Waals surface area contributed by atoms with E-state index in [1.54, 1.807) is 36.4 Å². The van der Waals surface area contributed by atoms with Crippen molar-refractivity contribution in [2.75, 3.05) is 0 Å². The van der Waals surface area contributed by atoms with Crippen LogP contribution < -0.4 is 0 Å². The van der Waals surface area contributed by atoms with Gasteiger partial charge in [-0.2, -0.15) is 0 Å². The summed E-state index contributed by atoms with van der Waals surface area (Å²) < 4.78 is 0. The van der Waals surface area contributed by atoms with E-state index in [0.717, 1.165) is 16.7 Å². The second-order valence-corrected chi connectivity index (χ2v) is 7.00. The number of carboxylic acids is 1. The van der Waals surface area contributed by atoms with Crippen LogP contribution in [-0.2, 0) is 17.6 Å². The summed E-state index contributed by atoms with van der Waals surface area (Å²) in [6.07, 6.45) is 0.189. The molecule has 0 heterocycles. The van der Waals surface area contributed by atoms with Gasteiger partial charge in [0, 0.05) is 12.8 Å². The number of benzene rings is 3. The number of hydrogen-bond acceptors (Lipinski definition) is 2. The maximum absolute atomic E-state index is 12.5. The van der Waals surface area contributed by atoms with Crippen LogP contribution in [0, 0.1) is 0 Å². The van der Waals surface area contributed by atoms with E-state index in [2.05, 4.69) is 0 Å². The van der Waals surface area contributed by atoms with Crippen molar-refractivity contribution < 1.29 is 14.7 Å². The van der Waals surface area contributed by atoms with Crippen LogP contribution >= 0.6 is 23.2 Å². The summed E-state index contributed by atoms with van der Waals surface area (Å²) in [5.74, 6) is -1.15. The summed E-state index contributed by atoms with van der Waals surface area (Å²) >= 11 is 11.9. The van der Waals surface area contributed by atoms with Crippen molar-refractivity contribution in [1.82, 2.24) is 0 Å². The quantitative estimate of drug-likeness (QED) is 0.578. The zero-order valence-electron chi connectivity index (χ0n) is 14.3. The molecule has 0 atom stereocenters. The van der Waals surface area contributed by atoms with Gasteiger partial charge in [0.2, 0.25) is 0 Å². The molecule has 27 heavy (non-hydrogen) atoms. The normalized spacial score (nSPS) is 10.6. The Balaban J connectivity index is 1.86. The fraction of sp³-hybridized carbons (Fsp3) is 0.0909. The number of ketones is 1. The molecule has 0 saturated heterocycles. The van der Waals surface area contributed by atoms with E-state index >= 15 is 0 Å². The van der Waals surface area contributed by atoms with Crippen molar-refractivity contribution in [1.29, 1.82) is 0 Å². The molecule has 0 aromatic heterocycles. The molecule has 0 amide bonds. The first kappa shape index (κ1) is 19.2. The molecule has 3 rings (SSSR count). The molecule has 5 heteroatoms. The van der Waals surface area contributed by atoms with Crippen molar-refractivity contribution in [2.24, 2.45) is 0 Å². The van der Waals surface area contributed by atoms with Gasteiger partial charge >= 0.3 is 5.97 Å². The first-order valence-electron chi connectivity index (χ1n) is 8.31. The van der Waals surface area contributed by atoms with Gasteiger partial charge in [-0.1, -0.05) is 65.7 Å². The van der Waals surface area contributed by atoms with E-state index in [4.69, 9.17) is 23.2 Å². The summed E-state index contributed by atoms with van der Waals surface area (Å²) in [4.78, 5) is 24.1. The van der Waals surface area contributed by atoms with E-state index in [1.807, 2.05) is 30.3 Å². The minimum absolute atomic E-state index is 0.0303. The van der Waals surface area contributed by atoms with Crippen molar-refractivity contribution in [3.05, 3.63) is 93.5 Å². The maximum Gasteiger partial charge on any atom is 0.335 e. The fourth-order valence-corrected chi connectivity index (χ4v) is 3.23. The Morgan fingerprint density at radius 1 is 0.778 bits per heavy atom. The molecule has 0 aliphatic heterocycles. The Hall–Kier alpha value is -2.62. The number of hydrogen-bond donors (Lipinski definition) is 1. The zero-order chi connectivity index (χ0) is 19.4. The lowest BCUT2D eigenvalue weighted by Crippen LogP contribution is -2.11. The minimum atomic E-state index is -1.05. The molecule has 0 aliphatic rings. The lowest BCUT2D eigenvalue weighted by Gasteiger charge is -2.10. The number of carbonyl (C=O) groups is 2. The fourth-order valence-electron chi connectivity index (χ4n) is 2.91. The number of carbonyl (C=O) groups excluding carboxylic acids is 1. The van der Waals surface area contributed by atoms with Crippen molar-refractivity contribution >= 4 is 35.0 Å². The molecular weight excluding hydrogens is 383 g/mol. The molecule has 3 aromatic rings. The molecule has 1 N–H and O–H groups in total. The van der Waals surface area contributed by atoms with Gasteiger partial charge in [-0.15, -0.1) is 0 Å². The first-order valence-corrected chi connectivity index (χ1v) is 9.07. The van der Waals surface area contributed by atoms with E-state index < -0.39 is 5.97 Å². The predicted molar refractivity (Wildman–Crippen MR) is 108 cm³/mol. The van der Waals surface area contributed by atoms with Crippen LogP contribution in [0.5, 0.6) is 0 Å². The van der Waals surface area contributed by atoms with Gasteiger partial charge in [-0.05, 0) is 46.5 Å². The highest BCUT2D eigenvalue weighted by Gasteiger charge is 2.15. The molecule has 0 radical (unpaired) electrons. The van der Waals surface area contributed by atoms with E-state index in [-0.39, 0.29) is 24.2 Å². The topological polar surface area (TPSA) is 54.4 Å². The average Bonchev–Trinajstić information content (AvgIpc) is 2.65. The summed E-state index contributed by atoms with van der Waals surface area (Å²) in [5.41, 5.74) is 3.21. The molecule has 0 unspecified atom stereocenters. The molecule has 0 saturated carbocycles. The number of rotatable bonds is 6. The summed E-state index contributed by atoms with van der Waals surface area (Å²) in [5, 5.41) is 10.3.